The first-order valence-corrected chi connectivity index (χ1v) is 8.51. The lowest BCUT2D eigenvalue weighted by Crippen LogP contribution is -2.46. The number of nitrogens with zero attached hydrogens (tertiary/aromatic N) is 1. The Morgan fingerprint density at radius 2 is 2.15 bits per heavy atom. The smallest absolute Gasteiger partial charge is 0.246 e. The molecule has 1 atom stereocenters. The first-order chi connectivity index (χ1) is 12.6. The van der Waals surface area contributed by atoms with E-state index in [0.717, 1.165) is 10.8 Å². The van der Waals surface area contributed by atoms with Gasteiger partial charge in [0.25, 0.3) is 0 Å². The maximum atomic E-state index is 12.6. The average molecular weight is 354 g/mol. The SMILES string of the molecule is C=CC(=O)N1CCO[C@@H](CC(=O)Nc2c(OC)ccc3ccccc23)C1. The lowest BCUT2D eigenvalue weighted by molar-refractivity contribution is -0.136. The average Bonchev–Trinajstić information content (AvgIpc) is 2.67. The highest BCUT2D eigenvalue weighted by atomic mass is 16.5. The molecule has 1 fully saturated rings. The molecular formula is C20H22N2O4. The fraction of sp³-hybridized carbons (Fsp3) is 0.300. The molecule has 1 saturated heterocycles. The number of nitrogens with one attached hydrogen (secondary N) is 1. The van der Waals surface area contributed by atoms with Crippen LogP contribution in [0.2, 0.25) is 0 Å². The Kier molecular flexibility index (Phi) is 5.53. The van der Waals surface area contributed by atoms with Gasteiger partial charge in [-0.1, -0.05) is 36.9 Å². The molecule has 0 aromatic heterocycles. The van der Waals surface area contributed by atoms with E-state index in [-0.39, 0.29) is 24.3 Å². The van der Waals surface area contributed by atoms with Gasteiger partial charge in [-0.15, -0.1) is 0 Å². The van der Waals surface area contributed by atoms with E-state index in [2.05, 4.69) is 11.9 Å². The second-order valence-electron chi connectivity index (χ2n) is 6.10. The van der Waals surface area contributed by atoms with Gasteiger partial charge in [-0.2, -0.15) is 0 Å². The van der Waals surface area contributed by atoms with E-state index in [1.807, 2.05) is 36.4 Å². The number of carbonyl (C=O) groups is 2. The van der Waals surface area contributed by atoms with E-state index in [1.54, 1.807) is 12.0 Å². The number of hydrogen-bond acceptors (Lipinski definition) is 4. The summed E-state index contributed by atoms with van der Waals surface area (Å²) in [6.45, 7) is 4.81. The van der Waals surface area contributed by atoms with E-state index in [4.69, 9.17) is 9.47 Å². The summed E-state index contributed by atoms with van der Waals surface area (Å²) in [5, 5.41) is 4.87. The summed E-state index contributed by atoms with van der Waals surface area (Å²) < 4.78 is 11.0. The van der Waals surface area contributed by atoms with E-state index in [9.17, 15) is 9.59 Å². The predicted molar refractivity (Wildman–Crippen MR) is 100 cm³/mol. The largest absolute Gasteiger partial charge is 0.495 e. The summed E-state index contributed by atoms with van der Waals surface area (Å²) in [7, 11) is 1.57. The van der Waals surface area contributed by atoms with Gasteiger partial charge in [0.05, 0.1) is 31.9 Å². The number of amides is 2. The van der Waals surface area contributed by atoms with Crippen molar-refractivity contribution in [1.29, 1.82) is 0 Å². The Balaban J connectivity index is 1.73. The summed E-state index contributed by atoms with van der Waals surface area (Å²) in [4.78, 5) is 26.0. The fourth-order valence-electron chi connectivity index (χ4n) is 3.12. The van der Waals surface area contributed by atoms with Crippen LogP contribution in [0.15, 0.2) is 49.1 Å². The zero-order valence-electron chi connectivity index (χ0n) is 14.7. The molecule has 26 heavy (non-hydrogen) atoms. The number of benzene rings is 2. The fourth-order valence-corrected chi connectivity index (χ4v) is 3.12. The van der Waals surface area contributed by atoms with E-state index in [0.29, 0.717) is 31.1 Å². The van der Waals surface area contributed by atoms with E-state index >= 15 is 0 Å². The lowest BCUT2D eigenvalue weighted by Gasteiger charge is -2.32. The number of hydrogen-bond donors (Lipinski definition) is 1. The maximum absolute atomic E-state index is 12.6. The summed E-state index contributed by atoms with van der Waals surface area (Å²) in [5.41, 5.74) is 0.644. The Bertz CT molecular complexity index is 834. The number of ether oxygens (including phenoxy) is 2. The van der Waals surface area contributed by atoms with Crippen molar-refractivity contribution >= 4 is 28.3 Å². The van der Waals surface area contributed by atoms with Crippen molar-refractivity contribution in [3.05, 3.63) is 49.1 Å². The van der Waals surface area contributed by atoms with Crippen LogP contribution in [0, 0.1) is 0 Å². The van der Waals surface area contributed by atoms with E-state index in [1.165, 1.54) is 6.08 Å². The van der Waals surface area contributed by atoms with Crippen LogP contribution in [0.4, 0.5) is 5.69 Å². The molecule has 1 N–H and O–H groups in total. The zero-order valence-corrected chi connectivity index (χ0v) is 14.7. The van der Waals surface area contributed by atoms with Crippen LogP contribution in [0.5, 0.6) is 5.75 Å². The molecule has 1 heterocycles. The molecule has 2 amide bonds. The topological polar surface area (TPSA) is 67.9 Å². The minimum atomic E-state index is -0.339. The Morgan fingerprint density at radius 3 is 2.92 bits per heavy atom. The predicted octanol–water partition coefficient (Wildman–Crippen LogP) is 2.59. The number of morpholine rings is 1. The van der Waals surface area contributed by atoms with Crippen LogP contribution in [0.3, 0.4) is 0 Å². The lowest BCUT2D eigenvalue weighted by atomic mass is 10.1. The number of methoxy groups -OCH3 is 1. The van der Waals surface area contributed by atoms with Crippen LogP contribution in [-0.2, 0) is 14.3 Å². The van der Waals surface area contributed by atoms with E-state index < -0.39 is 0 Å². The van der Waals surface area contributed by atoms with Gasteiger partial charge in [-0.25, -0.2) is 0 Å². The minimum Gasteiger partial charge on any atom is -0.495 e. The van der Waals surface area contributed by atoms with Gasteiger partial charge in [-0.05, 0) is 17.5 Å². The Hall–Kier alpha value is -2.86. The third-order valence-electron chi connectivity index (χ3n) is 4.41. The van der Waals surface area contributed by atoms with Crippen LogP contribution in [0.1, 0.15) is 6.42 Å². The van der Waals surface area contributed by atoms with Crippen molar-refractivity contribution in [3.63, 3.8) is 0 Å². The molecule has 2 aromatic rings. The molecular weight excluding hydrogens is 332 g/mol. The molecule has 0 aliphatic carbocycles. The molecule has 136 valence electrons. The Labute approximate surface area is 152 Å². The number of anilines is 1. The first kappa shape index (κ1) is 17.9. The number of carbonyl (C=O) groups excluding carboxylic acids is 2. The van der Waals surface area contributed by atoms with Gasteiger partial charge in [0.1, 0.15) is 5.75 Å². The van der Waals surface area contributed by atoms with Crippen molar-refractivity contribution < 1.29 is 19.1 Å². The maximum Gasteiger partial charge on any atom is 0.246 e. The summed E-state index contributed by atoms with van der Waals surface area (Å²) in [5.74, 6) is 0.275. The highest BCUT2D eigenvalue weighted by molar-refractivity contribution is 6.04. The summed E-state index contributed by atoms with van der Waals surface area (Å²) >= 11 is 0. The monoisotopic (exact) mass is 354 g/mol. The highest BCUT2D eigenvalue weighted by Crippen LogP contribution is 2.33. The molecule has 0 radical (unpaired) electrons. The van der Waals surface area contributed by atoms with Crippen molar-refractivity contribution in [2.75, 3.05) is 32.1 Å². The molecule has 0 unspecified atom stereocenters. The molecule has 0 saturated carbocycles. The number of fused-ring (bicyclic) bond motifs is 1. The molecule has 2 aromatic carbocycles. The van der Waals surface area contributed by atoms with Gasteiger partial charge in [0.15, 0.2) is 0 Å². The molecule has 1 aliphatic heterocycles. The standard InChI is InChI=1S/C20H22N2O4/c1-3-19(24)22-10-11-26-15(13-22)12-18(23)21-20-16-7-5-4-6-14(16)8-9-17(20)25-2/h3-9,15H,1,10-13H2,2H3,(H,21,23)/t15-/m0/s1. The highest BCUT2D eigenvalue weighted by Gasteiger charge is 2.25. The molecule has 0 bridgehead atoms. The second kappa shape index (κ2) is 8.01. The summed E-state index contributed by atoms with van der Waals surface area (Å²) in [6, 6.07) is 11.6. The van der Waals surface area contributed by atoms with Gasteiger partial charge in [0, 0.05) is 18.5 Å². The van der Waals surface area contributed by atoms with Crippen molar-refractivity contribution in [2.24, 2.45) is 0 Å². The second-order valence-corrected chi connectivity index (χ2v) is 6.10. The van der Waals surface area contributed by atoms with Crippen LogP contribution < -0.4 is 10.1 Å². The molecule has 0 spiro atoms. The Morgan fingerprint density at radius 1 is 1.35 bits per heavy atom. The minimum absolute atomic E-state index is 0.144. The van der Waals surface area contributed by atoms with Crippen molar-refractivity contribution in [2.45, 2.75) is 12.5 Å². The van der Waals surface area contributed by atoms with Crippen molar-refractivity contribution in [3.8, 4) is 5.75 Å². The first-order valence-electron chi connectivity index (χ1n) is 8.51. The van der Waals surface area contributed by atoms with Gasteiger partial charge >= 0.3 is 0 Å². The van der Waals surface area contributed by atoms with Crippen LogP contribution in [0.25, 0.3) is 10.8 Å². The van der Waals surface area contributed by atoms with Gasteiger partial charge in [-0.3, -0.25) is 9.59 Å². The zero-order chi connectivity index (χ0) is 18.5. The summed E-state index contributed by atoms with van der Waals surface area (Å²) in [6.07, 6.45) is 1.10. The molecule has 3 rings (SSSR count). The van der Waals surface area contributed by atoms with Gasteiger partial charge < -0.3 is 19.7 Å². The van der Waals surface area contributed by atoms with Crippen molar-refractivity contribution in [1.82, 2.24) is 4.90 Å². The molecule has 1 aliphatic rings. The van der Waals surface area contributed by atoms with Crippen LogP contribution in [-0.4, -0.2) is 49.6 Å². The third kappa shape index (κ3) is 3.86. The van der Waals surface area contributed by atoms with Gasteiger partial charge in [0.2, 0.25) is 11.8 Å². The van der Waals surface area contributed by atoms with Crippen LogP contribution >= 0.6 is 0 Å². The molecule has 6 nitrogen and oxygen atoms in total. The normalized spacial score (nSPS) is 17.0. The third-order valence-corrected chi connectivity index (χ3v) is 4.41. The quantitative estimate of drug-likeness (QED) is 0.838. The number of rotatable bonds is 5. The molecule has 6 heteroatoms.